The molecule has 1 saturated heterocycles. The quantitative estimate of drug-likeness (QED) is 0.787. The van der Waals surface area contributed by atoms with Gasteiger partial charge in [-0.05, 0) is 30.4 Å². The van der Waals surface area contributed by atoms with Crippen molar-refractivity contribution in [1.82, 2.24) is 9.88 Å². The maximum absolute atomic E-state index is 5.96. The van der Waals surface area contributed by atoms with Crippen LogP contribution in [0.3, 0.4) is 0 Å². The van der Waals surface area contributed by atoms with E-state index in [1.807, 2.05) is 12.1 Å². The summed E-state index contributed by atoms with van der Waals surface area (Å²) in [4.78, 5) is 6.84. The highest BCUT2D eigenvalue weighted by molar-refractivity contribution is 6.30. The van der Waals surface area contributed by atoms with Crippen LogP contribution < -0.4 is 0 Å². The fourth-order valence-electron chi connectivity index (χ4n) is 2.69. The molecule has 2 unspecified atom stereocenters. The van der Waals surface area contributed by atoms with Gasteiger partial charge in [-0.25, -0.2) is 0 Å². The molecule has 0 bridgehead atoms. The Kier molecular flexibility index (Phi) is 3.82. The maximum Gasteiger partial charge on any atom is 0.0558 e. The van der Waals surface area contributed by atoms with Crippen LogP contribution in [0.4, 0.5) is 0 Å². The second kappa shape index (κ2) is 5.15. The van der Waals surface area contributed by atoms with Gasteiger partial charge >= 0.3 is 0 Å². The van der Waals surface area contributed by atoms with Crippen molar-refractivity contribution in [3.05, 3.63) is 29.0 Å². The lowest BCUT2D eigenvalue weighted by Gasteiger charge is -2.34. The number of aromatic nitrogens is 1. The van der Waals surface area contributed by atoms with Gasteiger partial charge in [0.05, 0.1) is 5.69 Å². The third-order valence-electron chi connectivity index (χ3n) is 3.11. The minimum atomic E-state index is 0.781. The molecule has 2 rings (SSSR count). The molecule has 3 heteroatoms. The Balaban J connectivity index is 1.98. The first-order valence-electron chi connectivity index (χ1n) is 5.96. The summed E-state index contributed by atoms with van der Waals surface area (Å²) in [6, 6.07) is 3.79. The molecule has 2 heterocycles. The van der Waals surface area contributed by atoms with Crippen molar-refractivity contribution in [2.24, 2.45) is 11.8 Å². The Bertz CT molecular complexity index is 344. The Morgan fingerprint density at radius 3 is 2.69 bits per heavy atom. The summed E-state index contributed by atoms with van der Waals surface area (Å²) in [7, 11) is 0. The van der Waals surface area contributed by atoms with E-state index in [1.165, 1.54) is 19.5 Å². The Labute approximate surface area is 103 Å². The van der Waals surface area contributed by atoms with Crippen molar-refractivity contribution < 1.29 is 0 Å². The lowest BCUT2D eigenvalue weighted by Crippen LogP contribution is -2.38. The van der Waals surface area contributed by atoms with Crippen LogP contribution in [0.1, 0.15) is 26.0 Å². The van der Waals surface area contributed by atoms with Crippen LogP contribution in [-0.4, -0.2) is 23.0 Å². The normalized spacial score (nSPS) is 26.9. The topological polar surface area (TPSA) is 16.1 Å². The Morgan fingerprint density at radius 1 is 1.38 bits per heavy atom. The number of hydrogen-bond acceptors (Lipinski definition) is 2. The van der Waals surface area contributed by atoms with Gasteiger partial charge in [0, 0.05) is 30.9 Å². The zero-order valence-corrected chi connectivity index (χ0v) is 10.7. The van der Waals surface area contributed by atoms with Gasteiger partial charge in [0.15, 0.2) is 0 Å². The van der Waals surface area contributed by atoms with Crippen molar-refractivity contribution in [3.63, 3.8) is 0 Å². The van der Waals surface area contributed by atoms with Crippen LogP contribution in [0.25, 0.3) is 0 Å². The zero-order valence-electron chi connectivity index (χ0n) is 9.99. The lowest BCUT2D eigenvalue weighted by atomic mass is 9.92. The Morgan fingerprint density at radius 2 is 2.06 bits per heavy atom. The molecule has 0 aromatic carbocycles. The molecule has 1 fully saturated rings. The van der Waals surface area contributed by atoms with E-state index in [0.717, 1.165) is 29.1 Å². The third kappa shape index (κ3) is 3.19. The Hall–Kier alpha value is -0.600. The fourth-order valence-corrected chi connectivity index (χ4v) is 2.87. The first-order valence-corrected chi connectivity index (χ1v) is 6.34. The average Bonchev–Trinajstić information content (AvgIpc) is 2.15. The predicted octanol–water partition coefficient (Wildman–Crippen LogP) is 3.21. The largest absolute Gasteiger partial charge is 0.297 e. The first-order chi connectivity index (χ1) is 7.63. The van der Waals surface area contributed by atoms with Gasteiger partial charge in [-0.1, -0.05) is 25.4 Å². The first kappa shape index (κ1) is 11.9. The van der Waals surface area contributed by atoms with E-state index in [2.05, 4.69) is 23.7 Å². The molecule has 2 atom stereocenters. The van der Waals surface area contributed by atoms with Gasteiger partial charge in [0.2, 0.25) is 0 Å². The fraction of sp³-hybridized carbons (Fsp3) is 0.615. The molecule has 16 heavy (non-hydrogen) atoms. The number of likely N-dealkylation sites (tertiary alicyclic amines) is 1. The van der Waals surface area contributed by atoms with E-state index >= 15 is 0 Å². The number of hydrogen-bond donors (Lipinski definition) is 0. The molecular weight excluding hydrogens is 220 g/mol. The van der Waals surface area contributed by atoms with Crippen molar-refractivity contribution >= 4 is 11.6 Å². The van der Waals surface area contributed by atoms with Crippen LogP contribution in [-0.2, 0) is 6.54 Å². The van der Waals surface area contributed by atoms with E-state index in [1.54, 1.807) is 6.20 Å². The maximum atomic E-state index is 5.96. The highest BCUT2D eigenvalue weighted by Gasteiger charge is 2.21. The molecule has 0 aliphatic carbocycles. The highest BCUT2D eigenvalue weighted by atomic mass is 35.5. The monoisotopic (exact) mass is 238 g/mol. The standard InChI is InChI=1S/C13H19ClN2/c1-10-5-11(2)8-16(7-10)9-13-6-12(14)3-4-15-13/h3-4,6,10-11H,5,7-9H2,1-2H3. The molecule has 1 aromatic rings. The number of piperidine rings is 1. The molecule has 1 aliphatic heterocycles. The molecule has 2 nitrogen and oxygen atoms in total. The smallest absolute Gasteiger partial charge is 0.0558 e. The second-order valence-corrected chi connectivity index (χ2v) is 5.54. The molecule has 0 spiro atoms. The van der Waals surface area contributed by atoms with Gasteiger partial charge < -0.3 is 0 Å². The van der Waals surface area contributed by atoms with Gasteiger partial charge in [0.25, 0.3) is 0 Å². The summed E-state index contributed by atoms with van der Waals surface area (Å²) in [6.07, 6.45) is 3.13. The predicted molar refractivity (Wildman–Crippen MR) is 67.5 cm³/mol. The van der Waals surface area contributed by atoms with E-state index in [4.69, 9.17) is 11.6 Å². The molecule has 0 N–H and O–H groups in total. The third-order valence-corrected chi connectivity index (χ3v) is 3.34. The van der Waals surface area contributed by atoms with Crippen LogP contribution in [0.5, 0.6) is 0 Å². The van der Waals surface area contributed by atoms with E-state index in [9.17, 15) is 0 Å². The number of halogens is 1. The molecule has 0 amide bonds. The number of pyridine rings is 1. The van der Waals surface area contributed by atoms with Gasteiger partial charge in [-0.3, -0.25) is 9.88 Å². The molecule has 1 aliphatic rings. The van der Waals surface area contributed by atoms with Crippen LogP contribution in [0.15, 0.2) is 18.3 Å². The van der Waals surface area contributed by atoms with Gasteiger partial charge in [-0.15, -0.1) is 0 Å². The number of nitrogens with zero attached hydrogens (tertiary/aromatic N) is 2. The van der Waals surface area contributed by atoms with Gasteiger partial charge in [-0.2, -0.15) is 0 Å². The molecule has 0 saturated carbocycles. The van der Waals surface area contributed by atoms with E-state index < -0.39 is 0 Å². The van der Waals surface area contributed by atoms with Crippen LogP contribution in [0, 0.1) is 11.8 Å². The summed E-state index contributed by atoms with van der Waals surface area (Å²) >= 11 is 5.96. The number of rotatable bonds is 2. The zero-order chi connectivity index (χ0) is 11.5. The average molecular weight is 239 g/mol. The summed E-state index contributed by atoms with van der Waals surface area (Å²) in [5, 5.41) is 0.781. The summed E-state index contributed by atoms with van der Waals surface area (Å²) < 4.78 is 0. The molecule has 88 valence electrons. The SMILES string of the molecule is CC1CC(C)CN(Cc2cc(Cl)ccn2)C1. The second-order valence-electron chi connectivity index (χ2n) is 5.11. The van der Waals surface area contributed by atoms with E-state index in [-0.39, 0.29) is 0 Å². The highest BCUT2D eigenvalue weighted by Crippen LogP contribution is 2.22. The minimum Gasteiger partial charge on any atom is -0.297 e. The van der Waals surface area contributed by atoms with Crippen LogP contribution >= 0.6 is 11.6 Å². The molecule has 0 radical (unpaired) electrons. The van der Waals surface area contributed by atoms with Crippen molar-refractivity contribution in [3.8, 4) is 0 Å². The van der Waals surface area contributed by atoms with Crippen molar-refractivity contribution in [1.29, 1.82) is 0 Å². The molecular formula is C13H19ClN2. The summed E-state index contributed by atoms with van der Waals surface area (Å²) in [6.45, 7) is 7.94. The summed E-state index contributed by atoms with van der Waals surface area (Å²) in [5.74, 6) is 1.59. The van der Waals surface area contributed by atoms with Crippen molar-refractivity contribution in [2.45, 2.75) is 26.8 Å². The minimum absolute atomic E-state index is 0.781. The van der Waals surface area contributed by atoms with Crippen molar-refractivity contribution in [2.75, 3.05) is 13.1 Å². The van der Waals surface area contributed by atoms with E-state index in [0.29, 0.717) is 0 Å². The summed E-state index contributed by atoms with van der Waals surface area (Å²) in [5.41, 5.74) is 1.08. The lowest BCUT2D eigenvalue weighted by molar-refractivity contribution is 0.133. The van der Waals surface area contributed by atoms with Crippen LogP contribution in [0.2, 0.25) is 5.02 Å². The molecule has 1 aromatic heterocycles. The van der Waals surface area contributed by atoms with Gasteiger partial charge in [0.1, 0.15) is 0 Å².